The highest BCUT2D eigenvalue weighted by Gasteiger charge is 2.51. The molecule has 1 amide bonds. The SMILES string of the molecule is CCOC(=O)N1[C@@H]2CC[C@H]1CC(O)(c1ncc(-c3cccc(Nc4nccc(C(F)(F)F)n4)c3)s1)C2. The van der Waals surface area contributed by atoms with Crippen molar-refractivity contribution in [3.8, 4) is 10.4 Å². The quantitative estimate of drug-likeness (QED) is 0.470. The Hall–Kier alpha value is -3.25. The number of aromatic nitrogens is 3. The van der Waals surface area contributed by atoms with E-state index in [2.05, 4.69) is 20.3 Å². The molecule has 2 aliphatic heterocycles. The molecule has 5 rings (SSSR count). The monoisotopic (exact) mass is 519 g/mol. The number of carbonyl (C=O) groups excluding carboxylic acids is 1. The summed E-state index contributed by atoms with van der Waals surface area (Å²) in [7, 11) is 0. The van der Waals surface area contributed by atoms with Crippen LogP contribution in [-0.2, 0) is 16.5 Å². The maximum atomic E-state index is 13.0. The summed E-state index contributed by atoms with van der Waals surface area (Å²) in [5.41, 5.74) is -0.869. The van der Waals surface area contributed by atoms with Crippen molar-refractivity contribution in [2.45, 2.75) is 56.5 Å². The summed E-state index contributed by atoms with van der Waals surface area (Å²) in [6, 6.07) is 7.70. The number of thiazole rings is 1. The Morgan fingerprint density at radius 2 is 2.00 bits per heavy atom. The second-order valence-corrected chi connectivity index (χ2v) is 9.96. The first kappa shape index (κ1) is 24.4. The maximum Gasteiger partial charge on any atom is 0.433 e. The summed E-state index contributed by atoms with van der Waals surface area (Å²) < 4.78 is 44.1. The molecule has 2 saturated heterocycles. The number of halogens is 3. The number of fused-ring (bicyclic) bond motifs is 2. The number of rotatable bonds is 5. The van der Waals surface area contributed by atoms with Gasteiger partial charge in [-0.15, -0.1) is 11.3 Å². The van der Waals surface area contributed by atoms with E-state index in [1.807, 2.05) is 6.07 Å². The number of anilines is 2. The van der Waals surface area contributed by atoms with Crippen LogP contribution in [0.25, 0.3) is 10.4 Å². The minimum atomic E-state index is -4.56. The molecular formula is C24H24F3N5O3S. The number of nitrogens with zero attached hydrogens (tertiary/aromatic N) is 4. The van der Waals surface area contributed by atoms with Crippen LogP contribution in [0, 0.1) is 0 Å². The molecule has 2 aromatic heterocycles. The van der Waals surface area contributed by atoms with Crippen molar-refractivity contribution in [3.63, 3.8) is 0 Å². The molecule has 2 aliphatic rings. The zero-order valence-corrected chi connectivity index (χ0v) is 20.1. The van der Waals surface area contributed by atoms with Crippen molar-refractivity contribution >= 4 is 29.1 Å². The average molecular weight is 520 g/mol. The number of ether oxygens (including phenoxy) is 1. The lowest BCUT2D eigenvalue weighted by Crippen LogP contribution is -2.52. The fraction of sp³-hybridized carbons (Fsp3) is 0.417. The van der Waals surface area contributed by atoms with Gasteiger partial charge in [-0.1, -0.05) is 12.1 Å². The standard InChI is InChI=1S/C24H24F3N5O3S/c1-2-35-22(33)32-16-6-7-17(32)12-23(34,11-16)20-29-13-18(36-20)14-4-3-5-15(10-14)30-21-28-9-8-19(31-21)24(25,26)27/h3-5,8-10,13,16-17,34H,2,6-7,11-12H2,1H3,(H,28,30,31)/t16-,17+,23?. The van der Waals surface area contributed by atoms with Crippen LogP contribution >= 0.6 is 11.3 Å². The predicted molar refractivity (Wildman–Crippen MR) is 127 cm³/mol. The third-order valence-corrected chi connectivity index (χ3v) is 7.74. The first-order chi connectivity index (χ1) is 17.2. The van der Waals surface area contributed by atoms with Crippen LogP contribution in [-0.4, -0.2) is 49.7 Å². The third-order valence-electron chi connectivity index (χ3n) is 6.50. The molecule has 1 aromatic carbocycles. The second-order valence-electron chi connectivity index (χ2n) is 8.93. The molecular weight excluding hydrogens is 495 g/mol. The van der Waals surface area contributed by atoms with Gasteiger partial charge in [0, 0.05) is 43.0 Å². The van der Waals surface area contributed by atoms with Crippen molar-refractivity contribution in [2.24, 2.45) is 0 Å². The molecule has 2 N–H and O–H groups in total. The summed E-state index contributed by atoms with van der Waals surface area (Å²) in [5, 5.41) is 14.9. The molecule has 0 saturated carbocycles. The van der Waals surface area contributed by atoms with Gasteiger partial charge in [-0.3, -0.25) is 0 Å². The van der Waals surface area contributed by atoms with Gasteiger partial charge >= 0.3 is 12.3 Å². The summed E-state index contributed by atoms with van der Waals surface area (Å²) in [5.74, 6) is -0.162. The van der Waals surface area contributed by atoms with E-state index in [-0.39, 0.29) is 24.1 Å². The minimum Gasteiger partial charge on any atom is -0.450 e. The van der Waals surface area contributed by atoms with Gasteiger partial charge in [0.25, 0.3) is 0 Å². The Kier molecular flexibility index (Phi) is 6.33. The number of hydrogen-bond donors (Lipinski definition) is 2. The van der Waals surface area contributed by atoms with Crippen LogP contribution in [0.5, 0.6) is 0 Å². The van der Waals surface area contributed by atoms with E-state index in [0.29, 0.717) is 30.1 Å². The lowest BCUT2D eigenvalue weighted by atomic mass is 9.87. The van der Waals surface area contributed by atoms with E-state index >= 15 is 0 Å². The van der Waals surface area contributed by atoms with Crippen LogP contribution < -0.4 is 5.32 Å². The fourth-order valence-electron chi connectivity index (χ4n) is 4.97. The topological polar surface area (TPSA) is 100 Å². The van der Waals surface area contributed by atoms with Crippen LogP contribution in [0.4, 0.5) is 29.6 Å². The molecule has 0 radical (unpaired) electrons. The fourth-order valence-corrected chi connectivity index (χ4v) is 6.00. The van der Waals surface area contributed by atoms with E-state index in [1.54, 1.807) is 36.2 Å². The number of hydrogen-bond acceptors (Lipinski definition) is 8. The lowest BCUT2D eigenvalue weighted by Gasteiger charge is -2.42. The highest BCUT2D eigenvalue weighted by molar-refractivity contribution is 7.15. The molecule has 190 valence electrons. The normalized spacial score (nSPS) is 23.5. The van der Waals surface area contributed by atoms with Crippen molar-refractivity contribution in [1.82, 2.24) is 19.9 Å². The van der Waals surface area contributed by atoms with Crippen LogP contribution in [0.3, 0.4) is 0 Å². The van der Waals surface area contributed by atoms with Gasteiger partial charge in [0.05, 0.1) is 11.5 Å². The lowest BCUT2D eigenvalue weighted by molar-refractivity contribution is -0.141. The second kappa shape index (κ2) is 9.32. The Morgan fingerprint density at radius 1 is 1.25 bits per heavy atom. The Bertz CT molecular complexity index is 1250. The summed E-state index contributed by atoms with van der Waals surface area (Å²) in [6.45, 7) is 2.08. The number of nitrogens with one attached hydrogen (secondary N) is 1. The average Bonchev–Trinajstić information content (AvgIpc) is 3.44. The van der Waals surface area contributed by atoms with E-state index in [4.69, 9.17) is 4.74 Å². The smallest absolute Gasteiger partial charge is 0.433 e. The Balaban J connectivity index is 1.33. The molecule has 12 heteroatoms. The number of carbonyl (C=O) groups is 1. The number of piperidine rings is 1. The van der Waals surface area contributed by atoms with Gasteiger partial charge < -0.3 is 20.1 Å². The van der Waals surface area contributed by atoms with Crippen molar-refractivity contribution in [2.75, 3.05) is 11.9 Å². The number of alkyl halides is 3. The summed E-state index contributed by atoms with van der Waals surface area (Å²) >= 11 is 1.36. The largest absolute Gasteiger partial charge is 0.450 e. The Morgan fingerprint density at radius 3 is 2.69 bits per heavy atom. The van der Waals surface area contributed by atoms with Crippen LogP contribution in [0.1, 0.15) is 43.3 Å². The molecule has 36 heavy (non-hydrogen) atoms. The van der Waals surface area contributed by atoms with Crippen molar-refractivity contribution in [1.29, 1.82) is 0 Å². The van der Waals surface area contributed by atoms with E-state index in [1.165, 1.54) is 11.3 Å². The molecule has 1 unspecified atom stereocenters. The zero-order chi connectivity index (χ0) is 25.5. The summed E-state index contributed by atoms with van der Waals surface area (Å²) in [6.07, 6.45) is 0.252. The van der Waals surface area contributed by atoms with E-state index in [0.717, 1.165) is 35.5 Å². The minimum absolute atomic E-state index is 0.0971. The molecule has 2 bridgehead atoms. The Labute approximate surface area is 209 Å². The van der Waals surface area contributed by atoms with E-state index < -0.39 is 17.5 Å². The van der Waals surface area contributed by atoms with Gasteiger partial charge in [0.2, 0.25) is 5.95 Å². The van der Waals surface area contributed by atoms with Gasteiger partial charge in [-0.2, -0.15) is 13.2 Å². The first-order valence-electron chi connectivity index (χ1n) is 11.6. The van der Waals surface area contributed by atoms with Gasteiger partial charge in [-0.05, 0) is 43.5 Å². The first-order valence-corrected chi connectivity index (χ1v) is 12.4. The third kappa shape index (κ3) is 4.74. The van der Waals surface area contributed by atoms with Gasteiger partial charge in [0.1, 0.15) is 16.3 Å². The highest BCUT2D eigenvalue weighted by atomic mass is 32.1. The molecule has 8 nitrogen and oxygen atoms in total. The molecule has 3 atom stereocenters. The van der Waals surface area contributed by atoms with Gasteiger partial charge in [0.15, 0.2) is 0 Å². The van der Waals surface area contributed by atoms with Crippen molar-refractivity contribution in [3.05, 3.63) is 53.4 Å². The number of amides is 1. The number of aliphatic hydroxyl groups is 1. The molecule has 2 fully saturated rings. The molecule has 4 heterocycles. The molecule has 0 spiro atoms. The highest BCUT2D eigenvalue weighted by Crippen LogP contribution is 2.47. The zero-order valence-electron chi connectivity index (χ0n) is 19.3. The van der Waals surface area contributed by atoms with Crippen molar-refractivity contribution < 1.29 is 27.8 Å². The predicted octanol–water partition coefficient (Wildman–Crippen LogP) is 5.33. The molecule has 3 aromatic rings. The maximum absolute atomic E-state index is 13.0. The van der Waals surface area contributed by atoms with E-state index in [9.17, 15) is 23.1 Å². The summed E-state index contributed by atoms with van der Waals surface area (Å²) in [4.78, 5) is 26.8. The number of benzene rings is 1. The van der Waals surface area contributed by atoms with Crippen LogP contribution in [0.2, 0.25) is 0 Å². The molecule has 0 aliphatic carbocycles. The van der Waals surface area contributed by atoms with Gasteiger partial charge in [-0.25, -0.2) is 19.7 Å². The van der Waals surface area contributed by atoms with Crippen LogP contribution in [0.15, 0.2) is 42.7 Å².